The number of ether oxygens (including phenoxy) is 16. The van der Waals surface area contributed by atoms with E-state index in [4.69, 9.17) is 96.8 Å². The molecule has 0 radical (unpaired) electrons. The van der Waals surface area contributed by atoms with Gasteiger partial charge in [0.1, 0.15) is 147 Å². The summed E-state index contributed by atoms with van der Waals surface area (Å²) in [5.74, 6) is 0. The lowest BCUT2D eigenvalue weighted by Crippen LogP contribution is -2.67. The highest BCUT2D eigenvalue weighted by Crippen LogP contribution is 2.40. The van der Waals surface area contributed by atoms with Crippen molar-refractivity contribution in [2.24, 2.45) is 0 Å². The Balaban J connectivity index is 0.911. The van der Waals surface area contributed by atoms with E-state index in [9.17, 15) is 82.1 Å². The first-order chi connectivity index (χ1) is 50.4. The number of hydrogen-bond donors (Lipinski definition) is 21. The summed E-state index contributed by atoms with van der Waals surface area (Å²) in [5, 5.41) is 174. The van der Waals surface area contributed by atoms with Crippen LogP contribution in [-0.4, -0.2) is 358 Å². The minimum absolute atomic E-state index is 0.128. The summed E-state index contributed by atoms with van der Waals surface area (Å²) in [5.41, 5.74) is 0. The fourth-order valence-corrected chi connectivity index (χ4v) is 15.2. The average molecular weight is 1680 g/mol. The first kappa shape index (κ1) is 91.0. The van der Waals surface area contributed by atoms with Crippen molar-refractivity contribution in [3.05, 3.63) is 0 Å². The molecule has 0 aromatic heterocycles. The van der Waals surface area contributed by atoms with Gasteiger partial charge in [0.25, 0.3) is 0 Å². The Labute approximate surface area is 618 Å². The zero-order valence-electron chi connectivity index (χ0n) is 55.7. The zero-order chi connectivity index (χ0) is 77.5. The van der Waals surface area contributed by atoms with Crippen LogP contribution < -0.4 is 18.9 Å². The van der Waals surface area contributed by atoms with Gasteiger partial charge in [0.2, 0.25) is 0 Å². The predicted molar refractivity (Wildman–Crippen MR) is 332 cm³/mol. The second-order valence-electron chi connectivity index (χ2n) is 24.6. The first-order valence-corrected chi connectivity index (χ1v) is 37.6. The van der Waals surface area contributed by atoms with Gasteiger partial charge < -0.3 is 132 Å². The van der Waals surface area contributed by atoms with Gasteiger partial charge in [0, 0.05) is 32.8 Å². The van der Waals surface area contributed by atoms with Crippen LogP contribution in [0.25, 0.3) is 0 Å². The third-order valence-electron chi connectivity index (χ3n) is 17.8. The maximum Gasteiger partial charge on any atom is 0.397 e. The molecule has 8 heterocycles. The molecular weight excluding hydrogens is 1590 g/mol. The molecule has 106 heavy (non-hydrogen) atoms. The average Bonchev–Trinajstić information content (AvgIpc) is 0.788. The van der Waals surface area contributed by atoms with Gasteiger partial charge in [-0.3, -0.25) is 9.11 Å². The van der Waals surface area contributed by atoms with E-state index < -0.39 is 287 Å². The molecule has 0 spiro atoms. The minimum atomic E-state index is -5.30. The lowest BCUT2D eigenvalue weighted by molar-refractivity contribution is -0.432. The molecule has 0 aromatic rings. The van der Waals surface area contributed by atoms with Gasteiger partial charge in [-0.15, -0.1) is 17.3 Å². The van der Waals surface area contributed by atoms with Crippen LogP contribution in [0.3, 0.4) is 0 Å². The molecule has 0 aliphatic carbocycles. The van der Waals surface area contributed by atoms with Gasteiger partial charge in [0.15, 0.2) is 50.3 Å². The predicted octanol–water partition coefficient (Wildman–Crippen LogP) is -7.59. The standard InChI is InChI=1S/C49H88N4O47S6/c1-14-34(60)18(56)6-26(78-14)86-42-22(10-54)82-47(31(36(42)62)51-102-98-94-66)90-40-16(3)81-29(9-21(40)59)89-45-25(13-77-106(72,73)74)85-49(33(38(45)64)53-104-100-96-68)92-41-17(4)79-27(7-19(41)57)87-43-23(11-55)83-48(32(37(43)63)52-103-99-95-67)91-39-15(2)80-28(8-20(39)58)88-44-24(12-76-105(69,70)71)84-46(75-5)30(35(44)61)50-101-97-93-65/h14-68H,6-13H2,1-5H3,(H,69,70,71)(H,72,73,74)/t14?,15?,16?,17?,18-,19-,20-,21-,22?,23?,24?,25?,26-,27-,28-,29-,30?,31?,32?,33?,34+,35+,36+,37+,38+,39-,40-,41-,42+,43+,44+,45+,46-,47-,48-,49-/m0/s1. The van der Waals surface area contributed by atoms with E-state index in [1.54, 1.807) is 0 Å². The van der Waals surface area contributed by atoms with Crippen LogP contribution in [0.4, 0.5) is 0 Å². The number of aliphatic hydroxyl groups excluding tert-OH is 11. The van der Waals surface area contributed by atoms with Gasteiger partial charge >= 0.3 is 20.8 Å². The van der Waals surface area contributed by atoms with Crippen molar-refractivity contribution in [2.45, 2.75) is 274 Å². The topological polar surface area (TPSA) is 700 Å². The maximum absolute atomic E-state index is 12.2. The van der Waals surface area contributed by atoms with E-state index in [0.717, 1.165) is 7.11 Å². The highest BCUT2D eigenvalue weighted by Gasteiger charge is 2.57. The van der Waals surface area contributed by atoms with Crippen LogP contribution in [0.5, 0.6) is 0 Å². The fraction of sp³-hybridized carbons (Fsp3) is 1.00. The first-order valence-electron chi connectivity index (χ1n) is 31.9. The van der Waals surface area contributed by atoms with Crippen molar-refractivity contribution < 1.29 is 225 Å². The number of rotatable bonds is 39. The summed E-state index contributed by atoms with van der Waals surface area (Å²) in [4.78, 5) is 0. The monoisotopic (exact) mass is 1680 g/mol. The van der Waals surface area contributed by atoms with Crippen LogP contribution in [0.15, 0.2) is 0 Å². The molecule has 0 aromatic carbocycles. The molecule has 0 amide bonds. The minimum Gasteiger partial charge on any atom is -0.394 e. The van der Waals surface area contributed by atoms with E-state index in [1.165, 1.54) is 27.7 Å². The third kappa shape index (κ3) is 24.7. The Morgan fingerprint density at radius 3 is 0.887 bits per heavy atom. The van der Waals surface area contributed by atoms with Crippen LogP contribution in [0, 0.1) is 0 Å². The van der Waals surface area contributed by atoms with E-state index >= 15 is 0 Å². The van der Waals surface area contributed by atoms with Gasteiger partial charge in [-0.25, -0.2) is 48.3 Å². The SMILES string of the molecule is CO[C@H]1OC(COS(=O)(=O)O)[C@@H](O[C@H]2C[C@H](O)[C@@H](O[C@@H]3OC(CO)[C@@H](O[C@H]4C[C@H](O)[C@@H](O[C@@H]5OC(COS(=O)(=O)O)[C@@H](O[C@H]6C[C@H](O)[C@@H](O[C@@H]7OC(CO)[C@@H](O[C@H]8C[C@H](O)[C@H](O)C(C)O8)[C@H](O)C7NSOOO)C(C)O6)[C@H](O)C5NSOOO)C(C)O4)[C@H](O)C3NSOOO)C(C)O2)[C@H](O)C1NSOOO. The molecule has 8 aliphatic heterocycles. The molecule has 51 nitrogen and oxygen atoms in total. The Morgan fingerprint density at radius 1 is 0.358 bits per heavy atom. The molecule has 36 atom stereocenters. The Bertz CT molecular complexity index is 2750. The van der Waals surface area contributed by atoms with Crippen LogP contribution in [0.2, 0.25) is 0 Å². The molecule has 0 saturated carbocycles. The highest BCUT2D eigenvalue weighted by molar-refractivity contribution is 7.93. The second-order valence-corrected chi connectivity index (χ2v) is 29.0. The van der Waals surface area contributed by atoms with Gasteiger partial charge in [-0.05, 0) is 27.7 Å². The molecular formula is C49H88N4O47S6. The van der Waals surface area contributed by atoms with Crippen molar-refractivity contribution in [2.75, 3.05) is 33.5 Å². The third-order valence-corrected chi connectivity index (χ3v) is 20.6. The second kappa shape index (κ2) is 42.9. The van der Waals surface area contributed by atoms with E-state index in [0.29, 0.717) is 0 Å². The number of nitrogens with one attached hydrogen (secondary N) is 4. The van der Waals surface area contributed by atoms with Crippen molar-refractivity contribution in [1.82, 2.24) is 18.9 Å². The Morgan fingerprint density at radius 2 is 0.623 bits per heavy atom. The lowest BCUT2D eigenvalue weighted by Gasteiger charge is -2.49. The Kier molecular flexibility index (Phi) is 36.8. The molecule has 8 fully saturated rings. The number of methoxy groups -OCH3 is 1. The normalized spacial score (nSPS) is 44.4. The van der Waals surface area contributed by atoms with Crippen LogP contribution >= 0.6 is 48.9 Å². The van der Waals surface area contributed by atoms with Crippen LogP contribution in [0.1, 0.15) is 53.4 Å². The molecule has 21 N–H and O–H groups in total. The highest BCUT2D eigenvalue weighted by atomic mass is 32.3. The van der Waals surface area contributed by atoms with Crippen molar-refractivity contribution in [3.63, 3.8) is 0 Å². The van der Waals surface area contributed by atoms with E-state index in [-0.39, 0.29) is 55.3 Å². The summed E-state index contributed by atoms with van der Waals surface area (Å²) < 4.78 is 199. The fourth-order valence-electron chi connectivity index (χ4n) is 12.8. The van der Waals surface area contributed by atoms with Crippen molar-refractivity contribution >= 4 is 69.7 Å². The van der Waals surface area contributed by atoms with Gasteiger partial charge in [0.05, 0.1) is 99.4 Å². The summed E-state index contributed by atoms with van der Waals surface area (Å²) >= 11 is 0.805. The Hall–Kier alpha value is -0.580. The maximum atomic E-state index is 12.2. The number of aliphatic hydroxyl groups is 11. The molecule has 8 rings (SSSR count). The zero-order valence-corrected chi connectivity index (χ0v) is 60.6. The largest absolute Gasteiger partial charge is 0.397 e. The quantitative estimate of drug-likeness (QED) is 0.00679. The lowest BCUT2D eigenvalue weighted by atomic mass is 9.95. The van der Waals surface area contributed by atoms with Crippen LogP contribution in [-0.2, 0) is 142 Å². The summed E-state index contributed by atoms with van der Waals surface area (Å²) in [6, 6.07) is -5.94. The summed E-state index contributed by atoms with van der Waals surface area (Å²) in [6.07, 6.45) is -50.7. The molecule has 0 bridgehead atoms. The summed E-state index contributed by atoms with van der Waals surface area (Å²) in [6.45, 7) is 1.78. The van der Waals surface area contributed by atoms with E-state index in [2.05, 4.69) is 64.7 Å². The van der Waals surface area contributed by atoms with Gasteiger partial charge in [-0.1, -0.05) is 20.2 Å². The molecule has 8 aliphatic rings. The molecule has 57 heteroatoms. The number of hydrogen-bond acceptors (Lipinski definition) is 53. The smallest absolute Gasteiger partial charge is 0.394 e. The molecule has 12 unspecified atom stereocenters. The molecule has 622 valence electrons. The summed E-state index contributed by atoms with van der Waals surface area (Å²) in [7, 11) is -9.23. The van der Waals surface area contributed by atoms with Gasteiger partial charge in [-0.2, -0.15) is 16.8 Å². The molecule has 8 saturated heterocycles. The van der Waals surface area contributed by atoms with E-state index in [1.807, 2.05) is 0 Å². The van der Waals surface area contributed by atoms with Crippen molar-refractivity contribution in [3.8, 4) is 0 Å². The van der Waals surface area contributed by atoms with Crippen molar-refractivity contribution in [1.29, 1.82) is 0 Å².